The highest BCUT2D eigenvalue weighted by Crippen LogP contribution is 2.42. The van der Waals surface area contributed by atoms with Crippen LogP contribution in [0.4, 0.5) is 4.39 Å². The van der Waals surface area contributed by atoms with Crippen LogP contribution in [0.3, 0.4) is 0 Å². The summed E-state index contributed by atoms with van der Waals surface area (Å²) in [6.07, 6.45) is 4.48. The van der Waals surface area contributed by atoms with E-state index in [-0.39, 0.29) is 18.6 Å². The highest BCUT2D eigenvalue weighted by molar-refractivity contribution is 6.39. The van der Waals surface area contributed by atoms with Crippen LogP contribution in [-0.2, 0) is 24.3 Å². The van der Waals surface area contributed by atoms with Gasteiger partial charge in [-0.05, 0) is 54.7 Å². The number of nitrogens with one attached hydrogen (secondary N) is 2. The predicted octanol–water partition coefficient (Wildman–Crippen LogP) is 7.53. The van der Waals surface area contributed by atoms with Crippen molar-refractivity contribution in [1.82, 2.24) is 25.5 Å². The lowest BCUT2D eigenvalue weighted by Gasteiger charge is -2.29. The quantitative estimate of drug-likeness (QED) is 0.170. The second kappa shape index (κ2) is 14.7. The fourth-order valence-electron chi connectivity index (χ4n) is 6.22. The molecule has 46 heavy (non-hydrogen) atoms. The Hall–Kier alpha value is -3.27. The van der Waals surface area contributed by atoms with Crippen LogP contribution in [-0.4, -0.2) is 60.2 Å². The third kappa shape index (κ3) is 7.02. The summed E-state index contributed by atoms with van der Waals surface area (Å²) < 4.78 is 18.4. The van der Waals surface area contributed by atoms with E-state index in [0.717, 1.165) is 64.9 Å². The maximum atomic E-state index is 12.7. The largest absolute Gasteiger partial charge is 0.481 e. The Morgan fingerprint density at radius 2 is 1.89 bits per heavy atom. The first-order valence-corrected chi connectivity index (χ1v) is 16.6. The van der Waals surface area contributed by atoms with Gasteiger partial charge in [0.25, 0.3) is 0 Å². The van der Waals surface area contributed by atoms with Crippen LogP contribution in [0.2, 0.25) is 15.1 Å². The van der Waals surface area contributed by atoms with E-state index >= 15 is 0 Å². The van der Waals surface area contributed by atoms with Crippen molar-refractivity contribution in [3.05, 3.63) is 86.5 Å². The highest BCUT2D eigenvalue weighted by atomic mass is 35.5. The molecule has 4 heterocycles. The van der Waals surface area contributed by atoms with Gasteiger partial charge in [-0.2, -0.15) is 0 Å². The van der Waals surface area contributed by atoms with E-state index in [1.54, 1.807) is 13.3 Å². The van der Waals surface area contributed by atoms with Gasteiger partial charge in [-0.25, -0.2) is 4.98 Å². The molecule has 11 heteroatoms. The number of alkyl halides is 1. The first kappa shape index (κ1) is 32.7. The van der Waals surface area contributed by atoms with Crippen molar-refractivity contribution < 1.29 is 13.9 Å². The van der Waals surface area contributed by atoms with E-state index in [4.69, 9.17) is 44.5 Å². The van der Waals surface area contributed by atoms with Crippen LogP contribution in [0.15, 0.2) is 54.7 Å². The average molecular weight is 683 g/mol. The molecule has 0 radical (unpaired) electrons. The molecule has 1 atom stereocenters. The van der Waals surface area contributed by atoms with Gasteiger partial charge in [0.2, 0.25) is 11.8 Å². The van der Waals surface area contributed by atoms with Gasteiger partial charge in [0.1, 0.15) is 0 Å². The van der Waals surface area contributed by atoms with Crippen molar-refractivity contribution in [2.24, 2.45) is 0 Å². The van der Waals surface area contributed by atoms with Crippen molar-refractivity contribution in [1.29, 1.82) is 0 Å². The van der Waals surface area contributed by atoms with Gasteiger partial charge < -0.3 is 15.4 Å². The van der Waals surface area contributed by atoms with Gasteiger partial charge in [-0.1, -0.05) is 59.1 Å². The summed E-state index contributed by atoms with van der Waals surface area (Å²) in [5.74, 6) is 0.600. The minimum atomic E-state index is -0.317. The van der Waals surface area contributed by atoms with Crippen molar-refractivity contribution in [3.8, 4) is 39.5 Å². The molecule has 0 spiro atoms. The SMILES string of the molecule is COc1nc(-c2cccc(-c3ccnc(-c4cc(Cl)c5c(c4)CCN(CCCF)C5)c3Cl)c2Cl)ccc1CNCC1CCC(=O)N1. The zero-order chi connectivity index (χ0) is 32.2. The van der Waals surface area contributed by atoms with E-state index in [0.29, 0.717) is 64.8 Å². The van der Waals surface area contributed by atoms with Gasteiger partial charge in [0.15, 0.2) is 0 Å². The van der Waals surface area contributed by atoms with E-state index in [1.165, 1.54) is 0 Å². The molecule has 1 fully saturated rings. The molecule has 2 aromatic heterocycles. The number of pyridine rings is 2. The Balaban J connectivity index is 1.25. The molecule has 0 aliphatic carbocycles. The molecule has 2 aliphatic heterocycles. The number of methoxy groups -OCH3 is 1. The first-order valence-electron chi connectivity index (χ1n) is 15.4. The number of halogens is 4. The molecular formula is C35H35Cl3FN5O2. The molecule has 1 unspecified atom stereocenters. The van der Waals surface area contributed by atoms with Gasteiger partial charge in [-0.3, -0.25) is 19.1 Å². The second-order valence-corrected chi connectivity index (χ2v) is 12.8. The van der Waals surface area contributed by atoms with Crippen LogP contribution in [0, 0.1) is 0 Å². The first-order chi connectivity index (χ1) is 22.4. The van der Waals surface area contributed by atoms with Crippen LogP contribution in [0.5, 0.6) is 5.88 Å². The highest BCUT2D eigenvalue weighted by Gasteiger charge is 2.23. The lowest BCUT2D eigenvalue weighted by atomic mass is 9.94. The standard InChI is InChI=1S/C35H35Cl3FN5O2/c1-46-35-22(18-40-19-24-7-9-31(45)42-24)6-8-30(43-35)27-5-2-4-25(32(27)37)26-10-13-41-34(33(26)38)23-16-21-11-15-44(14-3-12-39)20-28(21)29(36)17-23/h2,4-6,8,10,13,16-17,24,40H,3,7,9,11-12,14-15,18-20H2,1H3,(H,42,45). The Labute approximate surface area is 283 Å². The summed E-state index contributed by atoms with van der Waals surface area (Å²) >= 11 is 20.9. The number of carbonyl (C=O) groups is 1. The minimum absolute atomic E-state index is 0.0986. The van der Waals surface area contributed by atoms with Crippen LogP contribution in [0.25, 0.3) is 33.6 Å². The van der Waals surface area contributed by atoms with Crippen LogP contribution >= 0.6 is 34.8 Å². The maximum Gasteiger partial charge on any atom is 0.220 e. The minimum Gasteiger partial charge on any atom is -0.481 e. The third-order valence-electron chi connectivity index (χ3n) is 8.63. The van der Waals surface area contributed by atoms with Gasteiger partial charge >= 0.3 is 0 Å². The predicted molar refractivity (Wildman–Crippen MR) is 182 cm³/mol. The van der Waals surface area contributed by atoms with E-state index < -0.39 is 0 Å². The summed E-state index contributed by atoms with van der Waals surface area (Å²) in [6, 6.07) is 15.7. The monoisotopic (exact) mass is 681 g/mol. The number of benzene rings is 2. The zero-order valence-electron chi connectivity index (χ0n) is 25.5. The third-order valence-corrected chi connectivity index (χ3v) is 9.75. The van der Waals surface area contributed by atoms with Gasteiger partial charge in [0, 0.05) is 84.2 Å². The topological polar surface area (TPSA) is 79.4 Å². The summed E-state index contributed by atoms with van der Waals surface area (Å²) in [6.45, 7) is 3.19. The Morgan fingerprint density at radius 1 is 1.07 bits per heavy atom. The molecule has 0 bridgehead atoms. The Morgan fingerprint density at radius 3 is 2.67 bits per heavy atom. The molecule has 1 saturated heterocycles. The Kier molecular flexibility index (Phi) is 10.4. The molecular weight excluding hydrogens is 648 g/mol. The summed E-state index contributed by atoms with van der Waals surface area (Å²) in [5.41, 5.74) is 7.52. The fourth-order valence-corrected chi connectivity index (χ4v) is 7.16. The Bertz CT molecular complexity index is 1750. The maximum absolute atomic E-state index is 12.7. The number of nitrogens with zero attached hydrogens (tertiary/aromatic N) is 3. The van der Waals surface area contributed by atoms with E-state index in [9.17, 15) is 9.18 Å². The number of hydrogen-bond acceptors (Lipinski definition) is 6. The molecule has 240 valence electrons. The second-order valence-electron chi connectivity index (χ2n) is 11.7. The summed E-state index contributed by atoms with van der Waals surface area (Å²) in [4.78, 5) is 23.1. The van der Waals surface area contributed by atoms with Crippen molar-refractivity contribution in [3.63, 3.8) is 0 Å². The molecule has 0 saturated carbocycles. The molecule has 7 nitrogen and oxygen atoms in total. The molecule has 6 rings (SSSR count). The van der Waals surface area contributed by atoms with Gasteiger partial charge in [-0.15, -0.1) is 0 Å². The lowest BCUT2D eigenvalue weighted by Crippen LogP contribution is -2.35. The molecule has 2 aromatic carbocycles. The summed E-state index contributed by atoms with van der Waals surface area (Å²) in [5, 5.41) is 8.00. The number of rotatable bonds is 11. The average Bonchev–Trinajstić information content (AvgIpc) is 3.49. The molecule has 4 aromatic rings. The zero-order valence-corrected chi connectivity index (χ0v) is 27.8. The number of fused-ring (bicyclic) bond motifs is 1. The van der Waals surface area contributed by atoms with Crippen molar-refractivity contribution >= 4 is 40.7 Å². The van der Waals surface area contributed by atoms with E-state index in [2.05, 4.69) is 26.6 Å². The van der Waals surface area contributed by atoms with Crippen LogP contribution < -0.4 is 15.4 Å². The summed E-state index contributed by atoms with van der Waals surface area (Å²) in [7, 11) is 1.60. The number of ether oxygens (including phenoxy) is 1. The number of amides is 1. The number of aromatic nitrogens is 2. The molecule has 2 N–H and O–H groups in total. The fraction of sp³-hybridized carbons (Fsp3) is 0.343. The molecule has 1 amide bonds. The number of carbonyl (C=O) groups excluding carboxylic acids is 1. The smallest absolute Gasteiger partial charge is 0.220 e. The van der Waals surface area contributed by atoms with E-state index in [1.807, 2.05) is 42.5 Å². The lowest BCUT2D eigenvalue weighted by molar-refractivity contribution is -0.119. The van der Waals surface area contributed by atoms with Crippen LogP contribution in [0.1, 0.15) is 36.0 Å². The normalized spacial score (nSPS) is 16.4. The number of hydrogen-bond donors (Lipinski definition) is 2. The van der Waals surface area contributed by atoms with Crippen molar-refractivity contribution in [2.45, 2.75) is 44.8 Å². The van der Waals surface area contributed by atoms with Gasteiger partial charge in [0.05, 0.1) is 35.2 Å². The van der Waals surface area contributed by atoms with Crippen molar-refractivity contribution in [2.75, 3.05) is 33.4 Å². The molecule has 2 aliphatic rings.